The van der Waals surface area contributed by atoms with Crippen molar-refractivity contribution in [3.05, 3.63) is 64.3 Å². The minimum Gasteiger partial charge on any atom is -0.495 e. The van der Waals surface area contributed by atoms with Crippen LogP contribution in [0.1, 0.15) is 42.9 Å². The molecule has 2 aromatic carbocycles. The lowest BCUT2D eigenvalue weighted by molar-refractivity contribution is 0.153. The van der Waals surface area contributed by atoms with Crippen molar-refractivity contribution in [3.8, 4) is 11.8 Å². The summed E-state index contributed by atoms with van der Waals surface area (Å²) in [6.07, 6.45) is 5.73. The van der Waals surface area contributed by atoms with Crippen LogP contribution in [0.5, 0.6) is 5.75 Å². The molecule has 1 fully saturated rings. The van der Waals surface area contributed by atoms with Gasteiger partial charge in [-0.3, -0.25) is 9.88 Å². The number of hydrogen-bond acceptors (Lipinski definition) is 5. The molecule has 5 nitrogen and oxygen atoms in total. The lowest BCUT2D eigenvalue weighted by atomic mass is 10.0. The van der Waals surface area contributed by atoms with Gasteiger partial charge >= 0.3 is 0 Å². The minimum absolute atomic E-state index is 0.558. The van der Waals surface area contributed by atoms with Gasteiger partial charge in [0.1, 0.15) is 5.75 Å². The molecule has 0 amide bonds. The standard InChI is InChI=1S/C25H27ClN4O/c1-17-5-3-4-10-30(17)16-20-15-28-23-8-6-18(13-27)11-21(23)25(20)29-14-19-7-9-24(31-2)22(26)12-19/h6-9,11-12,15,17H,3-5,10,14,16H2,1-2H3,(H,28,29). The van der Waals surface area contributed by atoms with Crippen molar-refractivity contribution in [2.75, 3.05) is 19.0 Å². The summed E-state index contributed by atoms with van der Waals surface area (Å²) in [5, 5.41) is 14.6. The number of nitriles is 1. The fraction of sp³-hybridized carbons (Fsp3) is 0.360. The van der Waals surface area contributed by atoms with Crippen molar-refractivity contribution in [2.24, 2.45) is 0 Å². The maximum Gasteiger partial charge on any atom is 0.137 e. The van der Waals surface area contributed by atoms with E-state index in [1.54, 1.807) is 7.11 Å². The van der Waals surface area contributed by atoms with E-state index in [9.17, 15) is 5.26 Å². The second kappa shape index (κ2) is 9.55. The van der Waals surface area contributed by atoms with Gasteiger partial charge in [-0.05, 0) is 62.2 Å². The number of piperidine rings is 1. The Morgan fingerprint density at radius 2 is 2.13 bits per heavy atom. The smallest absolute Gasteiger partial charge is 0.137 e. The number of hydrogen-bond donors (Lipinski definition) is 1. The van der Waals surface area contributed by atoms with Gasteiger partial charge in [0.05, 0.1) is 29.3 Å². The van der Waals surface area contributed by atoms with Crippen LogP contribution in [0, 0.1) is 11.3 Å². The third-order valence-electron chi connectivity index (χ3n) is 6.08. The van der Waals surface area contributed by atoms with Crippen molar-refractivity contribution in [1.82, 2.24) is 9.88 Å². The van der Waals surface area contributed by atoms with E-state index in [0.717, 1.165) is 40.8 Å². The number of halogens is 1. The Morgan fingerprint density at radius 3 is 2.87 bits per heavy atom. The number of rotatable bonds is 6. The molecule has 0 saturated carbocycles. The highest BCUT2D eigenvalue weighted by atomic mass is 35.5. The van der Waals surface area contributed by atoms with Crippen molar-refractivity contribution in [2.45, 2.75) is 45.3 Å². The molecule has 0 spiro atoms. The average molecular weight is 435 g/mol. The summed E-state index contributed by atoms with van der Waals surface area (Å²) in [5.74, 6) is 0.665. The van der Waals surface area contributed by atoms with E-state index in [2.05, 4.69) is 28.2 Å². The molecule has 1 aliphatic rings. The summed E-state index contributed by atoms with van der Waals surface area (Å²) < 4.78 is 5.26. The first kappa shape index (κ1) is 21.4. The number of ether oxygens (including phenoxy) is 1. The molecule has 3 aromatic rings. The predicted octanol–water partition coefficient (Wildman–Crippen LogP) is 5.75. The van der Waals surface area contributed by atoms with Gasteiger partial charge in [-0.15, -0.1) is 0 Å². The molecule has 1 saturated heterocycles. The Labute approximate surface area is 188 Å². The molecule has 1 N–H and O–H groups in total. The molecule has 1 aromatic heterocycles. The van der Waals surface area contributed by atoms with Crippen LogP contribution < -0.4 is 10.1 Å². The third kappa shape index (κ3) is 4.76. The van der Waals surface area contributed by atoms with Gasteiger partial charge in [-0.25, -0.2) is 0 Å². The summed E-state index contributed by atoms with van der Waals surface area (Å²) in [5.41, 5.74) is 4.75. The zero-order valence-corrected chi connectivity index (χ0v) is 18.7. The Hall–Kier alpha value is -2.81. The fourth-order valence-electron chi connectivity index (χ4n) is 4.25. The predicted molar refractivity (Wildman–Crippen MR) is 126 cm³/mol. The molecule has 6 heteroatoms. The number of aromatic nitrogens is 1. The molecule has 1 unspecified atom stereocenters. The van der Waals surface area contributed by atoms with Gasteiger partial charge in [0.2, 0.25) is 0 Å². The number of nitrogens with zero attached hydrogens (tertiary/aromatic N) is 3. The van der Waals surface area contributed by atoms with Gasteiger partial charge in [0.25, 0.3) is 0 Å². The highest BCUT2D eigenvalue weighted by Crippen LogP contribution is 2.31. The van der Waals surface area contributed by atoms with E-state index in [-0.39, 0.29) is 0 Å². The fourth-order valence-corrected chi connectivity index (χ4v) is 4.53. The number of pyridine rings is 1. The molecule has 160 valence electrons. The van der Waals surface area contributed by atoms with E-state index in [0.29, 0.717) is 28.9 Å². The van der Waals surface area contributed by atoms with Gasteiger partial charge in [-0.1, -0.05) is 24.1 Å². The van der Waals surface area contributed by atoms with E-state index in [1.807, 2.05) is 42.6 Å². The second-order valence-corrected chi connectivity index (χ2v) is 8.55. The summed E-state index contributed by atoms with van der Waals surface area (Å²) in [4.78, 5) is 7.21. The zero-order chi connectivity index (χ0) is 21.8. The van der Waals surface area contributed by atoms with Crippen molar-refractivity contribution in [1.29, 1.82) is 5.26 Å². The quantitative estimate of drug-likeness (QED) is 0.534. The van der Waals surface area contributed by atoms with Crippen molar-refractivity contribution in [3.63, 3.8) is 0 Å². The zero-order valence-electron chi connectivity index (χ0n) is 18.0. The molecule has 31 heavy (non-hydrogen) atoms. The Kier molecular flexibility index (Phi) is 6.60. The van der Waals surface area contributed by atoms with Crippen LogP contribution in [0.3, 0.4) is 0 Å². The van der Waals surface area contributed by atoms with E-state index < -0.39 is 0 Å². The Bertz CT molecular complexity index is 1120. The van der Waals surface area contributed by atoms with Gasteiger partial charge < -0.3 is 10.1 Å². The van der Waals surface area contributed by atoms with E-state index in [4.69, 9.17) is 16.3 Å². The van der Waals surface area contributed by atoms with Crippen LogP contribution in [0.2, 0.25) is 5.02 Å². The average Bonchev–Trinajstić information content (AvgIpc) is 2.79. The van der Waals surface area contributed by atoms with Crippen LogP contribution in [0.4, 0.5) is 5.69 Å². The number of likely N-dealkylation sites (tertiary alicyclic amines) is 1. The second-order valence-electron chi connectivity index (χ2n) is 8.14. The lowest BCUT2D eigenvalue weighted by Gasteiger charge is -2.33. The van der Waals surface area contributed by atoms with Gasteiger partial charge in [0, 0.05) is 42.0 Å². The number of methoxy groups -OCH3 is 1. The van der Waals surface area contributed by atoms with Crippen LogP contribution in [-0.2, 0) is 13.1 Å². The molecular weight excluding hydrogens is 408 g/mol. The third-order valence-corrected chi connectivity index (χ3v) is 6.37. The molecule has 0 bridgehead atoms. The van der Waals surface area contributed by atoms with Crippen LogP contribution in [-0.4, -0.2) is 29.6 Å². The van der Waals surface area contributed by atoms with E-state index in [1.165, 1.54) is 19.3 Å². The molecular formula is C25H27ClN4O. The number of anilines is 1. The molecule has 4 rings (SSSR count). The normalized spacial score (nSPS) is 16.8. The minimum atomic E-state index is 0.558. The summed E-state index contributed by atoms with van der Waals surface area (Å²) >= 11 is 6.32. The summed E-state index contributed by atoms with van der Waals surface area (Å²) in [6, 6.07) is 14.3. The first-order valence-corrected chi connectivity index (χ1v) is 11.1. The van der Waals surface area contributed by atoms with Crippen molar-refractivity contribution >= 4 is 28.2 Å². The summed E-state index contributed by atoms with van der Waals surface area (Å²) in [7, 11) is 1.61. The summed E-state index contributed by atoms with van der Waals surface area (Å²) in [6.45, 7) is 4.85. The SMILES string of the molecule is COc1ccc(CNc2c(CN3CCCCC3C)cnc3ccc(C#N)cc23)cc1Cl. The molecule has 1 atom stereocenters. The number of nitrogens with one attached hydrogen (secondary N) is 1. The number of fused-ring (bicyclic) bond motifs is 1. The highest BCUT2D eigenvalue weighted by Gasteiger charge is 2.20. The molecule has 0 aliphatic carbocycles. The van der Waals surface area contributed by atoms with Crippen LogP contribution in [0.25, 0.3) is 10.9 Å². The van der Waals surface area contributed by atoms with Crippen LogP contribution in [0.15, 0.2) is 42.6 Å². The molecule has 1 aliphatic heterocycles. The van der Waals surface area contributed by atoms with Gasteiger partial charge in [-0.2, -0.15) is 5.26 Å². The Morgan fingerprint density at radius 1 is 1.26 bits per heavy atom. The maximum atomic E-state index is 9.42. The molecule has 2 heterocycles. The lowest BCUT2D eigenvalue weighted by Crippen LogP contribution is -2.37. The van der Waals surface area contributed by atoms with Crippen molar-refractivity contribution < 1.29 is 4.74 Å². The molecule has 0 radical (unpaired) electrons. The van der Waals surface area contributed by atoms with Crippen LogP contribution >= 0.6 is 11.6 Å². The highest BCUT2D eigenvalue weighted by molar-refractivity contribution is 6.32. The first-order chi connectivity index (χ1) is 15.1. The largest absolute Gasteiger partial charge is 0.495 e. The van der Waals surface area contributed by atoms with Gasteiger partial charge in [0.15, 0.2) is 0 Å². The monoisotopic (exact) mass is 434 g/mol. The Balaban J connectivity index is 1.69. The topological polar surface area (TPSA) is 61.2 Å². The number of benzene rings is 2. The van der Waals surface area contributed by atoms with E-state index >= 15 is 0 Å². The maximum absolute atomic E-state index is 9.42. The first-order valence-electron chi connectivity index (χ1n) is 10.7.